The van der Waals surface area contributed by atoms with Gasteiger partial charge >= 0.3 is 0 Å². The van der Waals surface area contributed by atoms with Gasteiger partial charge in [-0.3, -0.25) is 9.69 Å². The summed E-state index contributed by atoms with van der Waals surface area (Å²) in [5.74, 6) is 0.194. The molecule has 1 aliphatic rings. The van der Waals surface area contributed by atoms with Crippen LogP contribution in [-0.4, -0.2) is 53.5 Å². The molecule has 1 fully saturated rings. The Morgan fingerprint density at radius 3 is 2.67 bits per heavy atom. The minimum atomic E-state index is -0.431. The van der Waals surface area contributed by atoms with Crippen molar-refractivity contribution >= 4 is 17.2 Å². The third-order valence-corrected chi connectivity index (χ3v) is 5.44. The number of carbonyl (C=O) groups is 1. The maximum absolute atomic E-state index is 12.5. The first-order chi connectivity index (χ1) is 11.6. The Balaban J connectivity index is 1.47. The number of nitrogens with zero attached hydrogens (tertiary/aromatic N) is 2. The van der Waals surface area contributed by atoms with Crippen molar-refractivity contribution in [3.8, 4) is 0 Å². The van der Waals surface area contributed by atoms with Gasteiger partial charge in [0.05, 0.1) is 6.42 Å². The van der Waals surface area contributed by atoms with E-state index in [0.717, 1.165) is 36.6 Å². The van der Waals surface area contributed by atoms with E-state index in [1.807, 2.05) is 47.5 Å². The zero-order valence-electron chi connectivity index (χ0n) is 14.0. The Hall–Kier alpha value is -1.69. The van der Waals surface area contributed by atoms with Crippen molar-refractivity contribution in [3.05, 3.63) is 57.8 Å². The third-order valence-electron chi connectivity index (χ3n) is 4.47. The Bertz CT molecular complexity index is 664. The number of aliphatic hydroxyl groups excluding tert-OH is 1. The highest BCUT2D eigenvalue weighted by Crippen LogP contribution is 2.20. The number of hydrogen-bond acceptors (Lipinski definition) is 4. The molecule has 1 N–H and O–H groups in total. The van der Waals surface area contributed by atoms with Gasteiger partial charge in [-0.2, -0.15) is 0 Å². The van der Waals surface area contributed by atoms with Gasteiger partial charge in [-0.15, -0.1) is 11.3 Å². The monoisotopic (exact) mass is 344 g/mol. The van der Waals surface area contributed by atoms with Crippen molar-refractivity contribution in [3.63, 3.8) is 0 Å². The van der Waals surface area contributed by atoms with Gasteiger partial charge in [-0.05, 0) is 23.9 Å². The minimum Gasteiger partial charge on any atom is -0.386 e. The molecule has 0 spiro atoms. The summed E-state index contributed by atoms with van der Waals surface area (Å²) in [7, 11) is 0. The van der Waals surface area contributed by atoms with Gasteiger partial charge in [-0.25, -0.2) is 0 Å². The summed E-state index contributed by atoms with van der Waals surface area (Å²) in [4.78, 5) is 17.6. The van der Waals surface area contributed by atoms with Gasteiger partial charge < -0.3 is 10.0 Å². The molecule has 2 heterocycles. The summed E-state index contributed by atoms with van der Waals surface area (Å²) >= 11 is 1.59. The van der Waals surface area contributed by atoms with Crippen LogP contribution < -0.4 is 0 Å². The lowest BCUT2D eigenvalue weighted by Gasteiger charge is -2.35. The van der Waals surface area contributed by atoms with Crippen LogP contribution in [0.3, 0.4) is 0 Å². The lowest BCUT2D eigenvalue weighted by Crippen LogP contribution is -2.49. The first kappa shape index (κ1) is 17.1. The van der Waals surface area contributed by atoms with Crippen LogP contribution in [0.1, 0.15) is 22.1 Å². The largest absolute Gasteiger partial charge is 0.386 e. The quantitative estimate of drug-likeness (QED) is 0.906. The number of piperazine rings is 1. The minimum absolute atomic E-state index is 0.194. The molecule has 0 unspecified atom stereocenters. The van der Waals surface area contributed by atoms with Gasteiger partial charge in [0.15, 0.2) is 0 Å². The van der Waals surface area contributed by atoms with Crippen molar-refractivity contribution < 1.29 is 9.90 Å². The van der Waals surface area contributed by atoms with E-state index >= 15 is 0 Å². The molecule has 128 valence electrons. The average Bonchev–Trinajstić information content (AvgIpc) is 3.10. The number of thiophene rings is 1. The maximum atomic E-state index is 12.5. The van der Waals surface area contributed by atoms with Crippen LogP contribution in [0.4, 0.5) is 0 Å². The van der Waals surface area contributed by atoms with E-state index in [0.29, 0.717) is 13.0 Å². The Morgan fingerprint density at radius 1 is 1.21 bits per heavy atom. The van der Waals surface area contributed by atoms with Crippen molar-refractivity contribution in [2.24, 2.45) is 0 Å². The summed E-state index contributed by atoms with van der Waals surface area (Å²) in [5, 5.41) is 12.2. The number of aliphatic hydroxyl groups is 1. The average molecular weight is 344 g/mol. The van der Waals surface area contributed by atoms with Crippen LogP contribution in [0, 0.1) is 6.92 Å². The molecular weight excluding hydrogens is 320 g/mol. The SMILES string of the molecule is Cc1cccc(CC(=O)N2CCN(C[C@H](O)c3cccs3)CC2)c1. The molecule has 0 bridgehead atoms. The van der Waals surface area contributed by atoms with E-state index in [1.54, 1.807) is 11.3 Å². The molecule has 4 nitrogen and oxygen atoms in total. The molecule has 1 aromatic heterocycles. The molecule has 1 atom stereocenters. The molecule has 3 rings (SSSR count). The fourth-order valence-electron chi connectivity index (χ4n) is 3.10. The second kappa shape index (κ2) is 7.92. The van der Waals surface area contributed by atoms with Crippen LogP contribution in [0.5, 0.6) is 0 Å². The van der Waals surface area contributed by atoms with E-state index in [1.165, 1.54) is 5.56 Å². The van der Waals surface area contributed by atoms with Crippen LogP contribution in [0.2, 0.25) is 0 Å². The lowest BCUT2D eigenvalue weighted by molar-refractivity contribution is -0.132. The predicted molar refractivity (Wildman–Crippen MR) is 97.2 cm³/mol. The summed E-state index contributed by atoms with van der Waals surface area (Å²) in [6.07, 6.45) is 0.0408. The molecule has 1 aromatic carbocycles. The summed E-state index contributed by atoms with van der Waals surface area (Å²) in [5.41, 5.74) is 2.27. The number of carbonyl (C=O) groups excluding carboxylic acids is 1. The van der Waals surface area contributed by atoms with E-state index in [9.17, 15) is 9.90 Å². The molecule has 2 aromatic rings. The lowest BCUT2D eigenvalue weighted by atomic mass is 10.1. The Labute approximate surface area is 147 Å². The summed E-state index contributed by atoms with van der Waals surface area (Å²) in [6.45, 7) is 5.81. The van der Waals surface area contributed by atoms with Crippen LogP contribution in [0.15, 0.2) is 41.8 Å². The van der Waals surface area contributed by atoms with Gasteiger partial charge in [0, 0.05) is 37.6 Å². The van der Waals surface area contributed by atoms with Crippen LogP contribution in [-0.2, 0) is 11.2 Å². The molecule has 1 aliphatic heterocycles. The van der Waals surface area contributed by atoms with Crippen molar-refractivity contribution in [2.75, 3.05) is 32.7 Å². The standard InChI is InChI=1S/C19H24N2O2S/c1-15-4-2-5-16(12-15)13-19(23)21-9-7-20(8-10-21)14-17(22)18-6-3-11-24-18/h2-6,11-12,17,22H,7-10,13-14H2,1H3/t17-/m0/s1. The third kappa shape index (κ3) is 4.44. The van der Waals surface area contributed by atoms with Crippen LogP contribution >= 0.6 is 11.3 Å². The Morgan fingerprint density at radius 2 is 2.00 bits per heavy atom. The maximum Gasteiger partial charge on any atom is 0.227 e. The highest BCUT2D eigenvalue weighted by atomic mass is 32.1. The van der Waals surface area contributed by atoms with Crippen molar-refractivity contribution in [1.82, 2.24) is 9.80 Å². The number of benzene rings is 1. The van der Waals surface area contributed by atoms with Gasteiger partial charge in [-0.1, -0.05) is 35.9 Å². The fourth-order valence-corrected chi connectivity index (χ4v) is 3.81. The first-order valence-electron chi connectivity index (χ1n) is 8.39. The Kier molecular flexibility index (Phi) is 5.66. The highest BCUT2D eigenvalue weighted by molar-refractivity contribution is 7.10. The van der Waals surface area contributed by atoms with E-state index in [2.05, 4.69) is 11.0 Å². The molecular formula is C19H24N2O2S. The summed E-state index contributed by atoms with van der Waals surface area (Å²) < 4.78 is 0. The van der Waals surface area contributed by atoms with E-state index in [-0.39, 0.29) is 5.91 Å². The highest BCUT2D eigenvalue weighted by Gasteiger charge is 2.23. The molecule has 5 heteroatoms. The van der Waals surface area contributed by atoms with Gasteiger partial charge in [0.2, 0.25) is 5.91 Å². The van der Waals surface area contributed by atoms with Crippen molar-refractivity contribution in [1.29, 1.82) is 0 Å². The summed E-state index contributed by atoms with van der Waals surface area (Å²) in [6, 6.07) is 12.1. The molecule has 1 amide bonds. The fraction of sp³-hybridized carbons (Fsp3) is 0.421. The first-order valence-corrected chi connectivity index (χ1v) is 9.27. The smallest absolute Gasteiger partial charge is 0.227 e. The molecule has 24 heavy (non-hydrogen) atoms. The molecule has 0 aliphatic carbocycles. The van der Waals surface area contributed by atoms with E-state index in [4.69, 9.17) is 0 Å². The molecule has 0 radical (unpaired) electrons. The van der Waals surface area contributed by atoms with Gasteiger partial charge in [0.1, 0.15) is 6.10 Å². The number of amides is 1. The normalized spacial score (nSPS) is 17.0. The zero-order valence-corrected chi connectivity index (χ0v) is 14.8. The topological polar surface area (TPSA) is 43.8 Å². The predicted octanol–water partition coefficient (Wildman–Crippen LogP) is 2.48. The van der Waals surface area contributed by atoms with Crippen molar-refractivity contribution in [2.45, 2.75) is 19.4 Å². The number of hydrogen-bond donors (Lipinski definition) is 1. The zero-order chi connectivity index (χ0) is 16.9. The molecule has 1 saturated heterocycles. The number of rotatable bonds is 5. The second-order valence-electron chi connectivity index (χ2n) is 6.38. The van der Waals surface area contributed by atoms with Gasteiger partial charge in [0.25, 0.3) is 0 Å². The number of aryl methyl sites for hydroxylation is 1. The van der Waals surface area contributed by atoms with E-state index < -0.39 is 6.10 Å². The molecule has 0 saturated carbocycles. The number of β-amino-alcohol motifs (C(OH)–C–C–N with tert-alkyl or cyclic N) is 1. The van der Waals surface area contributed by atoms with Crippen LogP contribution in [0.25, 0.3) is 0 Å². The second-order valence-corrected chi connectivity index (χ2v) is 7.36.